The summed E-state index contributed by atoms with van der Waals surface area (Å²) in [5.41, 5.74) is 4.15. The van der Waals surface area contributed by atoms with Crippen molar-refractivity contribution in [2.45, 2.75) is 13.0 Å². The Balaban J connectivity index is 1.91. The van der Waals surface area contributed by atoms with E-state index in [0.29, 0.717) is 0 Å². The van der Waals surface area contributed by atoms with Crippen LogP contribution in [-0.2, 0) is 0 Å². The molecule has 1 atom stereocenters. The van der Waals surface area contributed by atoms with Gasteiger partial charge in [-0.2, -0.15) is 0 Å². The molecule has 0 unspecified atom stereocenters. The van der Waals surface area contributed by atoms with Crippen molar-refractivity contribution in [1.82, 2.24) is 4.98 Å². The fourth-order valence-electron chi connectivity index (χ4n) is 3.35. The van der Waals surface area contributed by atoms with E-state index in [2.05, 4.69) is 34.3 Å². The minimum atomic E-state index is -0.184. The van der Waals surface area contributed by atoms with Crippen LogP contribution in [0.3, 0.4) is 0 Å². The number of hydrogen-bond acceptors (Lipinski definition) is 2. The molecule has 4 heteroatoms. The summed E-state index contributed by atoms with van der Waals surface area (Å²) in [6, 6.07) is 21.4. The Morgan fingerprint density at radius 3 is 2.52 bits per heavy atom. The van der Waals surface area contributed by atoms with E-state index in [1.165, 1.54) is 0 Å². The smallest absolute Gasteiger partial charge is 0.272 e. The van der Waals surface area contributed by atoms with Gasteiger partial charge in [-0.15, -0.1) is 0 Å². The van der Waals surface area contributed by atoms with E-state index in [0.717, 1.165) is 33.5 Å². The highest BCUT2D eigenvalue weighted by atomic mass is 16.3. The van der Waals surface area contributed by atoms with Crippen molar-refractivity contribution in [3.8, 4) is 5.75 Å². The summed E-state index contributed by atoms with van der Waals surface area (Å²) in [6.07, 6.45) is 1.88. The molecule has 0 spiro atoms. The van der Waals surface area contributed by atoms with Crippen molar-refractivity contribution in [3.63, 3.8) is 0 Å². The van der Waals surface area contributed by atoms with Gasteiger partial charge in [0.25, 0.3) is 5.82 Å². The average molecular weight is 330 g/mol. The maximum absolute atomic E-state index is 10.5. The number of phenolic OH excluding ortho intramolecular Hbond substituents is 1. The van der Waals surface area contributed by atoms with Gasteiger partial charge < -0.3 is 10.1 Å². The number of nitrogens with one attached hydrogen (secondary N) is 3. The van der Waals surface area contributed by atoms with Crippen LogP contribution in [0.25, 0.3) is 10.9 Å². The number of rotatable bonds is 4. The summed E-state index contributed by atoms with van der Waals surface area (Å²) in [7, 11) is 0. The number of benzene rings is 2. The zero-order chi connectivity index (χ0) is 17.2. The normalized spacial score (nSPS) is 12.2. The van der Waals surface area contributed by atoms with E-state index in [1.54, 1.807) is 6.07 Å². The first-order valence-corrected chi connectivity index (χ1v) is 8.32. The van der Waals surface area contributed by atoms with Gasteiger partial charge in [0.15, 0.2) is 6.04 Å². The number of phenols is 1. The van der Waals surface area contributed by atoms with E-state index < -0.39 is 0 Å². The Hall–Kier alpha value is -3.27. The quantitative estimate of drug-likeness (QED) is 0.525. The first-order chi connectivity index (χ1) is 12.2. The standard InChI is InChI=1S/C21H19N3O/c1-14-20(15-8-2-4-10-17(15)23-14)21(16-9-3-5-11-18(16)25)24-19-12-6-7-13-22-19/h2-13,21,23,25H,1H3,(H,22,24)/p+1/t21-/m0/s1. The third-order valence-corrected chi connectivity index (χ3v) is 4.49. The molecule has 2 aromatic heterocycles. The molecule has 0 aliphatic rings. The van der Waals surface area contributed by atoms with Gasteiger partial charge >= 0.3 is 0 Å². The minimum Gasteiger partial charge on any atom is -0.507 e. The molecule has 0 saturated carbocycles. The number of pyridine rings is 1. The molecule has 2 aromatic carbocycles. The first-order valence-electron chi connectivity index (χ1n) is 8.32. The van der Waals surface area contributed by atoms with Gasteiger partial charge in [0.05, 0.1) is 6.20 Å². The second-order valence-electron chi connectivity index (χ2n) is 6.12. The van der Waals surface area contributed by atoms with Crippen molar-refractivity contribution in [2.24, 2.45) is 0 Å². The van der Waals surface area contributed by atoms with E-state index in [9.17, 15) is 5.11 Å². The Morgan fingerprint density at radius 2 is 1.72 bits per heavy atom. The number of fused-ring (bicyclic) bond motifs is 1. The fraction of sp³-hybridized carbons (Fsp3) is 0.0952. The summed E-state index contributed by atoms with van der Waals surface area (Å²) in [6.45, 7) is 2.07. The van der Waals surface area contributed by atoms with Crippen molar-refractivity contribution >= 4 is 16.7 Å². The number of hydrogen-bond donors (Lipinski definition) is 3. The van der Waals surface area contributed by atoms with Crippen molar-refractivity contribution in [1.29, 1.82) is 0 Å². The average Bonchev–Trinajstić information content (AvgIpc) is 2.97. The highest BCUT2D eigenvalue weighted by molar-refractivity contribution is 5.86. The molecule has 25 heavy (non-hydrogen) atoms. The van der Waals surface area contributed by atoms with Crippen LogP contribution in [0, 0.1) is 6.92 Å². The van der Waals surface area contributed by atoms with Crippen LogP contribution < -0.4 is 10.3 Å². The lowest BCUT2D eigenvalue weighted by molar-refractivity contribution is -0.361. The molecule has 0 aliphatic carbocycles. The lowest BCUT2D eigenvalue weighted by atomic mass is 9.95. The topological polar surface area (TPSA) is 62.2 Å². The third-order valence-electron chi connectivity index (χ3n) is 4.49. The van der Waals surface area contributed by atoms with Gasteiger partial charge in [-0.05, 0) is 25.1 Å². The van der Waals surface area contributed by atoms with Crippen LogP contribution in [0.5, 0.6) is 5.75 Å². The molecule has 0 aliphatic heterocycles. The summed E-state index contributed by atoms with van der Waals surface area (Å²) in [4.78, 5) is 6.67. The number of aromatic amines is 2. The molecule has 0 radical (unpaired) electrons. The number of para-hydroxylation sites is 2. The Labute approximate surface area is 146 Å². The number of aryl methyl sites for hydroxylation is 1. The van der Waals surface area contributed by atoms with Crippen molar-refractivity contribution < 1.29 is 10.1 Å². The van der Waals surface area contributed by atoms with Crippen molar-refractivity contribution in [2.75, 3.05) is 5.32 Å². The number of anilines is 1. The van der Waals surface area contributed by atoms with Gasteiger partial charge in [0.1, 0.15) is 5.75 Å². The van der Waals surface area contributed by atoms with E-state index in [-0.39, 0.29) is 11.8 Å². The van der Waals surface area contributed by atoms with Crippen LogP contribution in [-0.4, -0.2) is 10.1 Å². The summed E-state index contributed by atoms with van der Waals surface area (Å²) in [5, 5.41) is 15.1. The van der Waals surface area contributed by atoms with Crippen LogP contribution >= 0.6 is 0 Å². The van der Waals surface area contributed by atoms with Crippen LogP contribution in [0.2, 0.25) is 0 Å². The molecule has 4 rings (SSSR count). The minimum absolute atomic E-state index is 0.184. The van der Waals surface area contributed by atoms with E-state index >= 15 is 0 Å². The molecule has 4 nitrogen and oxygen atoms in total. The molecule has 0 saturated heterocycles. The maximum Gasteiger partial charge on any atom is 0.272 e. The lowest BCUT2D eigenvalue weighted by Crippen LogP contribution is -2.19. The number of aromatic hydroxyl groups is 1. The van der Waals surface area contributed by atoms with E-state index in [4.69, 9.17) is 0 Å². The van der Waals surface area contributed by atoms with Crippen LogP contribution in [0.15, 0.2) is 72.9 Å². The summed E-state index contributed by atoms with van der Waals surface area (Å²) in [5.74, 6) is 1.17. The summed E-state index contributed by atoms with van der Waals surface area (Å²) < 4.78 is 0. The molecule has 4 aromatic rings. The zero-order valence-corrected chi connectivity index (χ0v) is 14.0. The zero-order valence-electron chi connectivity index (χ0n) is 14.0. The number of aromatic nitrogens is 2. The van der Waals surface area contributed by atoms with E-state index in [1.807, 2.05) is 54.7 Å². The first kappa shape index (κ1) is 15.3. The lowest BCUT2D eigenvalue weighted by Gasteiger charge is -2.17. The Morgan fingerprint density at radius 1 is 0.960 bits per heavy atom. The SMILES string of the molecule is Cc1[nH]c2ccccc2c1[C@@H](Nc1cccc[nH+]1)c1ccccc1O. The maximum atomic E-state index is 10.5. The third kappa shape index (κ3) is 2.83. The Bertz CT molecular complexity index is 1010. The van der Waals surface area contributed by atoms with Crippen LogP contribution in [0.4, 0.5) is 5.82 Å². The van der Waals surface area contributed by atoms with Gasteiger partial charge in [0, 0.05) is 33.8 Å². The van der Waals surface area contributed by atoms with Crippen molar-refractivity contribution in [3.05, 3.63) is 89.7 Å². The molecule has 0 bridgehead atoms. The molecular weight excluding hydrogens is 310 g/mol. The van der Waals surface area contributed by atoms with Gasteiger partial charge in [-0.1, -0.05) is 42.5 Å². The molecule has 0 amide bonds. The predicted molar refractivity (Wildman–Crippen MR) is 99.6 cm³/mol. The van der Waals surface area contributed by atoms with Gasteiger partial charge in [-0.3, -0.25) is 5.32 Å². The molecule has 4 N–H and O–H groups in total. The molecule has 0 fully saturated rings. The fourth-order valence-corrected chi connectivity index (χ4v) is 3.35. The largest absolute Gasteiger partial charge is 0.507 e. The second kappa shape index (κ2) is 6.32. The van der Waals surface area contributed by atoms with Gasteiger partial charge in [0.2, 0.25) is 0 Å². The monoisotopic (exact) mass is 330 g/mol. The second-order valence-corrected chi connectivity index (χ2v) is 6.12. The van der Waals surface area contributed by atoms with Gasteiger partial charge in [-0.25, -0.2) is 4.98 Å². The highest BCUT2D eigenvalue weighted by Crippen LogP contribution is 2.37. The molecular formula is C21H20N3O+. The highest BCUT2D eigenvalue weighted by Gasteiger charge is 2.27. The number of H-pyrrole nitrogens is 2. The van der Waals surface area contributed by atoms with Crippen LogP contribution in [0.1, 0.15) is 22.9 Å². The molecule has 2 heterocycles. The summed E-state index contributed by atoms with van der Waals surface area (Å²) >= 11 is 0. The Kier molecular flexibility index (Phi) is 3.86. The predicted octanol–water partition coefficient (Wildman–Crippen LogP) is 4.20. The molecule has 124 valence electrons.